The number of fused-ring (bicyclic) bond motifs is 1. The number of nitrogens with zero attached hydrogens (tertiary/aromatic N) is 5. The van der Waals surface area contributed by atoms with Gasteiger partial charge in [0.15, 0.2) is 5.82 Å². The van der Waals surface area contributed by atoms with Gasteiger partial charge >= 0.3 is 0 Å². The third kappa shape index (κ3) is 4.21. The van der Waals surface area contributed by atoms with Crippen LogP contribution in [-0.2, 0) is 19.5 Å². The van der Waals surface area contributed by atoms with Crippen molar-refractivity contribution in [2.24, 2.45) is 0 Å². The Bertz CT molecular complexity index is 1240. The van der Waals surface area contributed by atoms with E-state index in [1.807, 2.05) is 48.0 Å². The monoisotopic (exact) mass is 429 g/mol. The van der Waals surface area contributed by atoms with E-state index in [2.05, 4.69) is 9.88 Å². The minimum Gasteiger partial charge on any atom is -0.293 e. The molecule has 0 radical (unpaired) electrons. The minimum absolute atomic E-state index is 0.0688. The highest BCUT2D eigenvalue weighted by Crippen LogP contribution is 2.26. The molecule has 0 fully saturated rings. The number of non-ortho nitro benzene ring substituents is 1. The lowest BCUT2D eigenvalue weighted by Gasteiger charge is -2.27. The first-order valence-corrected chi connectivity index (χ1v) is 10.9. The maximum atomic E-state index is 11.1. The van der Waals surface area contributed by atoms with Crippen LogP contribution in [-0.4, -0.2) is 31.3 Å². The van der Waals surface area contributed by atoms with E-state index in [4.69, 9.17) is 9.97 Å². The van der Waals surface area contributed by atoms with Gasteiger partial charge < -0.3 is 0 Å². The molecule has 4 heterocycles. The Morgan fingerprint density at radius 2 is 2.00 bits per heavy atom. The summed E-state index contributed by atoms with van der Waals surface area (Å²) in [7, 11) is 0. The second-order valence-corrected chi connectivity index (χ2v) is 8.37. The molecule has 1 aliphatic rings. The van der Waals surface area contributed by atoms with Gasteiger partial charge in [0.25, 0.3) is 5.69 Å². The van der Waals surface area contributed by atoms with E-state index >= 15 is 0 Å². The van der Waals surface area contributed by atoms with E-state index in [9.17, 15) is 10.1 Å². The maximum absolute atomic E-state index is 11.1. The fourth-order valence-electron chi connectivity index (χ4n) is 3.77. The number of thiophene rings is 1. The molecular formula is C23H19N5O2S. The average molecular weight is 430 g/mol. The lowest BCUT2D eigenvalue weighted by molar-refractivity contribution is -0.384. The molecule has 0 saturated heterocycles. The largest absolute Gasteiger partial charge is 0.293 e. The van der Waals surface area contributed by atoms with Crippen LogP contribution in [0.1, 0.15) is 17.0 Å². The zero-order valence-electron chi connectivity index (χ0n) is 16.6. The first-order chi connectivity index (χ1) is 15.2. The van der Waals surface area contributed by atoms with Crippen molar-refractivity contribution >= 4 is 17.0 Å². The van der Waals surface area contributed by atoms with Crippen LogP contribution in [0.5, 0.6) is 0 Å². The molecule has 0 aliphatic carbocycles. The predicted octanol–water partition coefficient (Wildman–Crippen LogP) is 4.73. The van der Waals surface area contributed by atoms with Crippen LogP contribution in [0.15, 0.2) is 66.2 Å². The molecule has 0 unspecified atom stereocenters. The summed E-state index contributed by atoms with van der Waals surface area (Å²) in [6.45, 7) is 2.38. The summed E-state index contributed by atoms with van der Waals surface area (Å²) in [5.74, 6) is 0.800. The first-order valence-electron chi connectivity index (χ1n) is 9.97. The van der Waals surface area contributed by atoms with Crippen LogP contribution in [0.4, 0.5) is 5.69 Å². The van der Waals surface area contributed by atoms with Crippen molar-refractivity contribution in [3.63, 3.8) is 0 Å². The van der Waals surface area contributed by atoms with Gasteiger partial charge in [-0.2, -0.15) is 0 Å². The normalized spacial score (nSPS) is 13.7. The number of aromatic nitrogens is 3. The van der Waals surface area contributed by atoms with Crippen molar-refractivity contribution in [3.8, 4) is 22.0 Å². The Hall–Kier alpha value is -3.49. The van der Waals surface area contributed by atoms with Gasteiger partial charge in [-0.3, -0.25) is 20.0 Å². The minimum atomic E-state index is -0.384. The molecule has 1 aliphatic heterocycles. The van der Waals surface area contributed by atoms with Crippen molar-refractivity contribution < 1.29 is 4.92 Å². The van der Waals surface area contributed by atoms with E-state index < -0.39 is 0 Å². The van der Waals surface area contributed by atoms with E-state index in [0.717, 1.165) is 58.4 Å². The molecule has 4 aromatic rings. The van der Waals surface area contributed by atoms with Crippen LogP contribution in [0.25, 0.3) is 22.0 Å². The topological polar surface area (TPSA) is 85.0 Å². The molecule has 0 amide bonds. The van der Waals surface area contributed by atoms with Gasteiger partial charge in [-0.1, -0.05) is 24.3 Å². The molecule has 5 rings (SSSR count). The summed E-state index contributed by atoms with van der Waals surface area (Å²) in [5.41, 5.74) is 4.76. The van der Waals surface area contributed by atoms with Gasteiger partial charge in [-0.15, -0.1) is 11.3 Å². The molecule has 3 aromatic heterocycles. The summed E-state index contributed by atoms with van der Waals surface area (Å²) < 4.78 is 0. The Balaban J connectivity index is 1.32. The second-order valence-electron chi connectivity index (χ2n) is 7.43. The van der Waals surface area contributed by atoms with Gasteiger partial charge in [-0.05, 0) is 23.6 Å². The van der Waals surface area contributed by atoms with Crippen molar-refractivity contribution in [2.75, 3.05) is 6.54 Å². The predicted molar refractivity (Wildman–Crippen MR) is 119 cm³/mol. The molecule has 31 heavy (non-hydrogen) atoms. The van der Waals surface area contributed by atoms with Crippen LogP contribution in [0, 0.1) is 10.1 Å². The van der Waals surface area contributed by atoms with Crippen molar-refractivity contribution in [1.82, 2.24) is 19.9 Å². The molecule has 154 valence electrons. The summed E-state index contributed by atoms with van der Waals surface area (Å²) in [6.07, 6.45) is 2.82. The number of hydrogen-bond acceptors (Lipinski definition) is 7. The summed E-state index contributed by atoms with van der Waals surface area (Å²) >= 11 is 1.65. The standard InChI is InChI=1S/C23H19N5O2S/c29-28(30)19-6-1-4-16(12-19)20-7-2-5-18(25-20)15-27-10-9-21-17(14-27)13-24-23(26-21)22-8-3-11-31-22/h1-8,11-13H,9-10,14-15H2. The third-order valence-corrected chi connectivity index (χ3v) is 6.17. The van der Waals surface area contributed by atoms with Gasteiger partial charge in [0, 0.05) is 55.5 Å². The highest BCUT2D eigenvalue weighted by Gasteiger charge is 2.20. The molecule has 0 N–H and O–H groups in total. The fraction of sp³-hybridized carbons (Fsp3) is 0.174. The van der Waals surface area contributed by atoms with Crippen molar-refractivity contribution in [1.29, 1.82) is 0 Å². The smallest absolute Gasteiger partial charge is 0.270 e. The van der Waals surface area contributed by atoms with Crippen LogP contribution in [0.2, 0.25) is 0 Å². The highest BCUT2D eigenvalue weighted by molar-refractivity contribution is 7.13. The number of rotatable bonds is 5. The zero-order chi connectivity index (χ0) is 21.2. The highest BCUT2D eigenvalue weighted by atomic mass is 32.1. The third-order valence-electron chi connectivity index (χ3n) is 5.30. The van der Waals surface area contributed by atoms with Crippen LogP contribution in [0.3, 0.4) is 0 Å². The Kier molecular flexibility index (Phi) is 5.23. The molecule has 0 spiro atoms. The number of nitro benzene ring substituents is 1. The number of nitro groups is 1. The fourth-order valence-corrected chi connectivity index (χ4v) is 4.44. The SMILES string of the molecule is O=[N+]([O-])c1cccc(-c2cccc(CN3CCc4nc(-c5cccs5)ncc4C3)n2)c1. The van der Waals surface area contributed by atoms with Crippen LogP contribution >= 0.6 is 11.3 Å². The lowest BCUT2D eigenvalue weighted by atomic mass is 10.1. The number of hydrogen-bond donors (Lipinski definition) is 0. The molecular weight excluding hydrogens is 410 g/mol. The van der Waals surface area contributed by atoms with Crippen molar-refractivity contribution in [3.05, 3.63) is 93.2 Å². The Morgan fingerprint density at radius 3 is 2.84 bits per heavy atom. The maximum Gasteiger partial charge on any atom is 0.270 e. The summed E-state index contributed by atoms with van der Waals surface area (Å²) in [6, 6.07) is 16.5. The molecule has 0 saturated carbocycles. The first kappa shape index (κ1) is 19.5. The molecule has 0 bridgehead atoms. The second kappa shape index (κ2) is 8.33. The Morgan fingerprint density at radius 1 is 1.10 bits per heavy atom. The average Bonchev–Trinajstić information content (AvgIpc) is 3.34. The van der Waals surface area contributed by atoms with E-state index in [1.165, 1.54) is 6.07 Å². The number of benzene rings is 1. The Labute approximate surface area is 183 Å². The summed E-state index contributed by atoms with van der Waals surface area (Å²) in [4.78, 5) is 28.2. The lowest BCUT2D eigenvalue weighted by Crippen LogP contribution is -2.31. The molecule has 7 nitrogen and oxygen atoms in total. The van der Waals surface area contributed by atoms with Gasteiger partial charge in [-0.25, -0.2) is 9.97 Å². The molecule has 0 atom stereocenters. The van der Waals surface area contributed by atoms with E-state index in [0.29, 0.717) is 6.54 Å². The molecule has 8 heteroatoms. The van der Waals surface area contributed by atoms with Gasteiger partial charge in [0.2, 0.25) is 0 Å². The van der Waals surface area contributed by atoms with Crippen molar-refractivity contribution in [2.45, 2.75) is 19.5 Å². The van der Waals surface area contributed by atoms with Crippen LogP contribution < -0.4 is 0 Å². The van der Waals surface area contributed by atoms with Gasteiger partial charge in [0.1, 0.15) is 0 Å². The number of pyridine rings is 1. The van der Waals surface area contributed by atoms with E-state index in [-0.39, 0.29) is 10.6 Å². The molecule has 1 aromatic carbocycles. The van der Waals surface area contributed by atoms with E-state index in [1.54, 1.807) is 23.5 Å². The zero-order valence-corrected chi connectivity index (χ0v) is 17.5. The van der Waals surface area contributed by atoms with Gasteiger partial charge in [0.05, 0.1) is 26.9 Å². The quantitative estimate of drug-likeness (QED) is 0.337. The summed E-state index contributed by atoms with van der Waals surface area (Å²) in [5, 5.41) is 13.1.